The first-order valence-corrected chi connectivity index (χ1v) is 11.5. The van der Waals surface area contributed by atoms with E-state index in [2.05, 4.69) is 12.2 Å². The summed E-state index contributed by atoms with van der Waals surface area (Å²) in [6, 6.07) is 9.60. The lowest BCUT2D eigenvalue weighted by Gasteiger charge is -2.32. The highest BCUT2D eigenvalue weighted by molar-refractivity contribution is 5.93. The Kier molecular flexibility index (Phi) is 8.20. The molecule has 0 fully saturated rings. The van der Waals surface area contributed by atoms with Gasteiger partial charge in [-0.3, -0.25) is 4.79 Å². The minimum Gasteiger partial charge on any atom is -0.493 e. The molecular weight excluding hydrogens is 418 g/mol. The lowest BCUT2D eigenvalue weighted by Crippen LogP contribution is -2.46. The lowest BCUT2D eigenvalue weighted by atomic mass is 9.98. The van der Waals surface area contributed by atoms with Gasteiger partial charge >= 0.3 is 6.03 Å². The number of fused-ring (bicyclic) bond motifs is 1. The summed E-state index contributed by atoms with van der Waals surface area (Å²) in [5.74, 6) is 1.30. The van der Waals surface area contributed by atoms with Crippen molar-refractivity contribution in [2.24, 2.45) is 0 Å². The zero-order chi connectivity index (χ0) is 24.0. The molecule has 2 aromatic rings. The SMILES string of the molecule is CCCCN(CC(=O)N1CCc2cc(OC)c(OC)cc2C1)C(=O)Nc1c(C)cccc1C. The molecule has 0 unspecified atom stereocenters. The van der Waals surface area contributed by atoms with Crippen LogP contribution in [-0.2, 0) is 17.8 Å². The van der Waals surface area contributed by atoms with Crippen LogP contribution >= 0.6 is 0 Å². The largest absolute Gasteiger partial charge is 0.493 e. The van der Waals surface area contributed by atoms with E-state index in [1.54, 1.807) is 19.1 Å². The maximum Gasteiger partial charge on any atom is 0.322 e. The molecule has 0 radical (unpaired) electrons. The van der Waals surface area contributed by atoms with Crippen LogP contribution in [-0.4, -0.2) is 55.6 Å². The van der Waals surface area contributed by atoms with Gasteiger partial charge < -0.3 is 24.6 Å². The molecule has 7 nitrogen and oxygen atoms in total. The minimum absolute atomic E-state index is 0.0526. The van der Waals surface area contributed by atoms with Gasteiger partial charge in [-0.1, -0.05) is 31.5 Å². The van der Waals surface area contributed by atoms with Crippen LogP contribution in [0.5, 0.6) is 11.5 Å². The topological polar surface area (TPSA) is 71.1 Å². The average Bonchev–Trinajstić information content (AvgIpc) is 2.82. The summed E-state index contributed by atoms with van der Waals surface area (Å²) in [6.07, 6.45) is 2.53. The van der Waals surface area contributed by atoms with Gasteiger partial charge in [0, 0.05) is 25.3 Å². The van der Waals surface area contributed by atoms with Crippen LogP contribution in [0.4, 0.5) is 10.5 Å². The molecule has 0 bridgehead atoms. The van der Waals surface area contributed by atoms with Gasteiger partial charge in [-0.05, 0) is 61.1 Å². The predicted octanol–water partition coefficient (Wildman–Crippen LogP) is 4.54. The predicted molar refractivity (Wildman–Crippen MR) is 130 cm³/mol. The number of amides is 3. The highest BCUT2D eigenvalue weighted by Gasteiger charge is 2.26. The quantitative estimate of drug-likeness (QED) is 0.637. The van der Waals surface area contributed by atoms with E-state index in [1.165, 1.54) is 0 Å². The van der Waals surface area contributed by atoms with E-state index in [0.29, 0.717) is 31.1 Å². The molecule has 178 valence electrons. The molecule has 1 aliphatic rings. The highest BCUT2D eigenvalue weighted by Crippen LogP contribution is 2.33. The summed E-state index contributed by atoms with van der Waals surface area (Å²) in [6.45, 7) is 7.72. The Hall–Kier alpha value is -3.22. The van der Waals surface area contributed by atoms with E-state index in [9.17, 15) is 9.59 Å². The molecule has 1 aliphatic heterocycles. The summed E-state index contributed by atoms with van der Waals surface area (Å²) in [5, 5.41) is 3.02. The normalized spacial score (nSPS) is 12.7. The number of anilines is 1. The molecule has 0 atom stereocenters. The molecule has 0 aromatic heterocycles. The zero-order valence-corrected chi connectivity index (χ0v) is 20.4. The molecule has 0 aliphatic carbocycles. The molecule has 0 spiro atoms. The van der Waals surface area contributed by atoms with Crippen LogP contribution < -0.4 is 14.8 Å². The van der Waals surface area contributed by atoms with Gasteiger partial charge in [0.05, 0.1) is 14.2 Å². The maximum absolute atomic E-state index is 13.2. The van der Waals surface area contributed by atoms with Crippen LogP contribution in [0.3, 0.4) is 0 Å². The molecule has 2 aromatic carbocycles. The second kappa shape index (κ2) is 11.1. The first kappa shape index (κ1) is 24.4. The van der Waals surface area contributed by atoms with Crippen molar-refractivity contribution in [2.75, 3.05) is 39.2 Å². The molecule has 1 heterocycles. The third kappa shape index (κ3) is 5.78. The third-order valence-corrected chi connectivity index (χ3v) is 6.18. The van der Waals surface area contributed by atoms with Crippen molar-refractivity contribution >= 4 is 17.6 Å². The Bertz CT molecular complexity index is 985. The second-order valence-electron chi connectivity index (χ2n) is 8.51. The maximum atomic E-state index is 13.2. The van der Waals surface area contributed by atoms with Crippen molar-refractivity contribution in [2.45, 2.75) is 46.6 Å². The molecule has 3 rings (SSSR count). The van der Waals surface area contributed by atoms with Crippen molar-refractivity contribution in [1.29, 1.82) is 0 Å². The Morgan fingerprint density at radius 2 is 1.70 bits per heavy atom. The summed E-state index contributed by atoms with van der Waals surface area (Å²) in [4.78, 5) is 29.8. The summed E-state index contributed by atoms with van der Waals surface area (Å²) in [7, 11) is 3.23. The summed E-state index contributed by atoms with van der Waals surface area (Å²) in [5.41, 5.74) is 5.02. The summed E-state index contributed by atoms with van der Waals surface area (Å²) < 4.78 is 10.8. The van der Waals surface area contributed by atoms with Crippen molar-refractivity contribution in [3.63, 3.8) is 0 Å². The number of urea groups is 1. The Morgan fingerprint density at radius 1 is 1.06 bits per heavy atom. The van der Waals surface area contributed by atoms with Crippen LogP contribution in [0.25, 0.3) is 0 Å². The molecular formula is C26H35N3O4. The first-order valence-electron chi connectivity index (χ1n) is 11.5. The summed E-state index contributed by atoms with van der Waals surface area (Å²) >= 11 is 0. The molecule has 0 saturated heterocycles. The Morgan fingerprint density at radius 3 is 2.30 bits per heavy atom. The number of hydrogen-bond donors (Lipinski definition) is 1. The van der Waals surface area contributed by atoms with Gasteiger partial charge in [-0.2, -0.15) is 0 Å². The lowest BCUT2D eigenvalue weighted by molar-refractivity contribution is -0.132. The number of carbonyl (C=O) groups is 2. The fourth-order valence-corrected chi connectivity index (χ4v) is 4.16. The number of para-hydroxylation sites is 1. The fourth-order valence-electron chi connectivity index (χ4n) is 4.16. The van der Waals surface area contributed by atoms with Crippen molar-refractivity contribution in [3.05, 3.63) is 52.6 Å². The number of nitrogens with one attached hydrogen (secondary N) is 1. The standard InChI is InChI=1S/C26H35N3O4/c1-6-7-12-29(26(31)27-25-18(2)9-8-10-19(25)3)17-24(30)28-13-11-20-14-22(32-4)23(33-5)15-21(20)16-28/h8-10,14-15H,6-7,11-13,16-17H2,1-5H3,(H,27,31). The van der Waals surface area contributed by atoms with E-state index in [4.69, 9.17) is 9.47 Å². The Balaban J connectivity index is 1.72. The number of rotatable bonds is 8. The van der Waals surface area contributed by atoms with Gasteiger partial charge in [-0.15, -0.1) is 0 Å². The number of ether oxygens (including phenoxy) is 2. The number of unbranched alkanes of at least 4 members (excludes halogenated alkanes) is 1. The average molecular weight is 454 g/mol. The first-order chi connectivity index (χ1) is 15.9. The number of carbonyl (C=O) groups excluding carboxylic acids is 2. The van der Waals surface area contributed by atoms with Crippen LogP contribution in [0.2, 0.25) is 0 Å². The smallest absolute Gasteiger partial charge is 0.322 e. The number of hydrogen-bond acceptors (Lipinski definition) is 4. The van der Waals surface area contributed by atoms with Gasteiger partial charge in [0.15, 0.2) is 11.5 Å². The van der Waals surface area contributed by atoms with E-state index >= 15 is 0 Å². The molecule has 0 saturated carbocycles. The highest BCUT2D eigenvalue weighted by atomic mass is 16.5. The van der Waals surface area contributed by atoms with Crippen LogP contribution in [0, 0.1) is 13.8 Å². The number of benzene rings is 2. The molecule has 3 amide bonds. The molecule has 1 N–H and O–H groups in total. The monoisotopic (exact) mass is 453 g/mol. The van der Waals surface area contributed by atoms with E-state index in [0.717, 1.165) is 47.2 Å². The van der Waals surface area contributed by atoms with Crippen LogP contribution in [0.15, 0.2) is 30.3 Å². The molecule has 33 heavy (non-hydrogen) atoms. The van der Waals surface area contributed by atoms with E-state index in [1.807, 2.05) is 49.1 Å². The van der Waals surface area contributed by atoms with Gasteiger partial charge in [0.25, 0.3) is 0 Å². The number of nitrogens with zero attached hydrogens (tertiary/aromatic N) is 2. The number of methoxy groups -OCH3 is 2. The van der Waals surface area contributed by atoms with Gasteiger partial charge in [0.2, 0.25) is 5.91 Å². The minimum atomic E-state index is -0.238. The Labute approximate surface area is 196 Å². The van der Waals surface area contributed by atoms with Crippen molar-refractivity contribution in [3.8, 4) is 11.5 Å². The van der Waals surface area contributed by atoms with Gasteiger partial charge in [-0.25, -0.2) is 4.79 Å². The van der Waals surface area contributed by atoms with Crippen molar-refractivity contribution in [1.82, 2.24) is 9.80 Å². The zero-order valence-electron chi connectivity index (χ0n) is 20.4. The molecule has 7 heteroatoms. The van der Waals surface area contributed by atoms with Gasteiger partial charge in [0.1, 0.15) is 6.54 Å². The van der Waals surface area contributed by atoms with Crippen LogP contribution in [0.1, 0.15) is 42.0 Å². The number of aryl methyl sites for hydroxylation is 2. The third-order valence-electron chi connectivity index (χ3n) is 6.18. The van der Waals surface area contributed by atoms with E-state index in [-0.39, 0.29) is 18.5 Å². The fraction of sp³-hybridized carbons (Fsp3) is 0.462. The van der Waals surface area contributed by atoms with E-state index < -0.39 is 0 Å². The second-order valence-corrected chi connectivity index (χ2v) is 8.51. The van der Waals surface area contributed by atoms with Crippen molar-refractivity contribution < 1.29 is 19.1 Å².